The van der Waals surface area contributed by atoms with E-state index in [1.807, 2.05) is 12.1 Å². The molecule has 0 atom stereocenters. The number of aryl methyl sites for hydroxylation is 1. The van der Waals surface area contributed by atoms with Gasteiger partial charge < -0.3 is 4.74 Å². The van der Waals surface area contributed by atoms with Crippen molar-refractivity contribution in [3.8, 4) is 5.75 Å². The molecule has 0 aliphatic rings. The van der Waals surface area contributed by atoms with E-state index in [9.17, 15) is 9.18 Å². The van der Waals surface area contributed by atoms with Crippen LogP contribution in [0.25, 0.3) is 10.9 Å². The van der Waals surface area contributed by atoms with Gasteiger partial charge in [0.25, 0.3) is 5.56 Å². The lowest BCUT2D eigenvalue weighted by molar-refractivity contribution is 0.304. The molecule has 0 N–H and O–H groups in total. The molecule has 1 heterocycles. The van der Waals surface area contributed by atoms with E-state index in [-0.39, 0.29) is 18.0 Å². The van der Waals surface area contributed by atoms with Gasteiger partial charge in [-0.15, -0.1) is 0 Å². The summed E-state index contributed by atoms with van der Waals surface area (Å²) in [4.78, 5) is 17.9. The zero-order valence-electron chi connectivity index (χ0n) is 18.8. The molecular weight excluding hydrogens is 601 g/mol. The van der Waals surface area contributed by atoms with Gasteiger partial charge in [0.1, 0.15) is 18.2 Å². The monoisotopic (exact) mass is 619 g/mol. The molecule has 0 saturated carbocycles. The van der Waals surface area contributed by atoms with Crippen LogP contribution in [0.3, 0.4) is 0 Å². The van der Waals surface area contributed by atoms with Crippen LogP contribution in [0.2, 0.25) is 5.02 Å². The van der Waals surface area contributed by atoms with Crippen LogP contribution in [-0.2, 0) is 13.0 Å². The summed E-state index contributed by atoms with van der Waals surface area (Å²) in [5.41, 5.74) is 1.90. The van der Waals surface area contributed by atoms with Gasteiger partial charge in [0.15, 0.2) is 5.75 Å². The smallest absolute Gasteiger partial charge is 0.282 e. The van der Waals surface area contributed by atoms with Gasteiger partial charge in [-0.1, -0.05) is 53.0 Å². The lowest BCUT2D eigenvalue weighted by Gasteiger charge is -2.12. The molecule has 0 saturated heterocycles. The summed E-state index contributed by atoms with van der Waals surface area (Å²) in [6, 6.07) is 15.0. The van der Waals surface area contributed by atoms with Crippen molar-refractivity contribution in [2.24, 2.45) is 5.10 Å². The molecule has 0 fully saturated rings. The predicted octanol–water partition coefficient (Wildman–Crippen LogP) is 7.52. The van der Waals surface area contributed by atoms with Crippen molar-refractivity contribution in [3.05, 3.63) is 102 Å². The zero-order valence-corrected chi connectivity index (χ0v) is 22.7. The molecule has 3 aromatic carbocycles. The van der Waals surface area contributed by atoms with Crippen LogP contribution in [0.5, 0.6) is 5.75 Å². The molecule has 4 rings (SSSR count). The lowest BCUT2D eigenvalue weighted by atomic mass is 10.2. The standard InChI is InChI=1S/C26H21Br2ClFN3O2/c1-2-3-4-24-32-23-10-7-18(27)13-20(23)26(34)33(24)31-14-17-11-21(28)25(22(29)12-17)35-15-16-5-8-19(30)9-6-16/h5-14H,2-4,15H2,1H3. The molecular formula is C26H21Br2ClFN3O2. The first-order chi connectivity index (χ1) is 16.9. The predicted molar refractivity (Wildman–Crippen MR) is 145 cm³/mol. The maximum atomic E-state index is 13.2. The van der Waals surface area contributed by atoms with Crippen LogP contribution in [-0.4, -0.2) is 15.9 Å². The number of unbranched alkanes of at least 4 members (excludes halogenated alkanes) is 1. The van der Waals surface area contributed by atoms with E-state index in [0.29, 0.717) is 44.0 Å². The average molecular weight is 622 g/mol. The minimum Gasteiger partial charge on any atom is -0.486 e. The number of ether oxygens (including phenoxy) is 1. The topological polar surface area (TPSA) is 56.5 Å². The molecule has 0 amide bonds. The van der Waals surface area contributed by atoms with Crippen molar-refractivity contribution < 1.29 is 9.13 Å². The van der Waals surface area contributed by atoms with E-state index < -0.39 is 0 Å². The fourth-order valence-corrected chi connectivity index (χ4v) is 4.81. The number of aromatic nitrogens is 2. The normalized spacial score (nSPS) is 11.5. The summed E-state index contributed by atoms with van der Waals surface area (Å²) in [6.07, 6.45) is 4.07. The number of hydrogen-bond acceptors (Lipinski definition) is 4. The van der Waals surface area contributed by atoms with Gasteiger partial charge in [0, 0.05) is 10.9 Å². The van der Waals surface area contributed by atoms with Crippen molar-refractivity contribution in [3.63, 3.8) is 0 Å². The second kappa shape index (κ2) is 11.5. The largest absolute Gasteiger partial charge is 0.486 e. The molecule has 0 aliphatic carbocycles. The van der Waals surface area contributed by atoms with E-state index in [1.165, 1.54) is 16.8 Å². The van der Waals surface area contributed by atoms with Crippen LogP contribution in [0.4, 0.5) is 4.39 Å². The molecule has 1 aromatic heterocycles. The first kappa shape index (κ1) is 25.5. The number of rotatable bonds is 8. The lowest BCUT2D eigenvalue weighted by Crippen LogP contribution is -2.22. The number of hydrogen-bond donors (Lipinski definition) is 0. The molecule has 180 valence electrons. The molecule has 0 spiro atoms. The molecule has 5 nitrogen and oxygen atoms in total. The van der Waals surface area contributed by atoms with Crippen molar-refractivity contribution in [1.82, 2.24) is 9.66 Å². The zero-order chi connectivity index (χ0) is 24.9. The van der Waals surface area contributed by atoms with E-state index in [4.69, 9.17) is 16.3 Å². The van der Waals surface area contributed by atoms with Crippen LogP contribution in [0.1, 0.15) is 36.7 Å². The van der Waals surface area contributed by atoms with Crippen LogP contribution in [0, 0.1) is 5.82 Å². The Labute approximate surface area is 223 Å². The second-order valence-electron chi connectivity index (χ2n) is 7.88. The molecule has 35 heavy (non-hydrogen) atoms. The fourth-order valence-electron chi connectivity index (χ4n) is 3.46. The highest BCUT2D eigenvalue weighted by molar-refractivity contribution is 9.10. The van der Waals surface area contributed by atoms with Crippen LogP contribution in [0.15, 0.2) is 73.4 Å². The van der Waals surface area contributed by atoms with Crippen molar-refractivity contribution in [2.75, 3.05) is 0 Å². The fraction of sp³-hybridized carbons (Fsp3) is 0.192. The van der Waals surface area contributed by atoms with Crippen molar-refractivity contribution in [1.29, 1.82) is 0 Å². The number of benzene rings is 3. The third-order valence-electron chi connectivity index (χ3n) is 5.27. The second-order valence-corrected chi connectivity index (χ2v) is 10.1. The Morgan fingerprint density at radius 3 is 2.63 bits per heavy atom. The summed E-state index contributed by atoms with van der Waals surface area (Å²) in [7, 11) is 0. The van der Waals surface area contributed by atoms with Crippen LogP contribution >= 0.6 is 43.5 Å². The first-order valence-corrected chi connectivity index (χ1v) is 12.9. The van der Waals surface area contributed by atoms with Gasteiger partial charge in [0.2, 0.25) is 0 Å². The Balaban J connectivity index is 1.63. The van der Waals surface area contributed by atoms with Gasteiger partial charge in [0.05, 0.1) is 26.6 Å². The first-order valence-electron chi connectivity index (χ1n) is 11.0. The molecule has 0 unspecified atom stereocenters. The third-order valence-corrected chi connectivity index (χ3v) is 6.63. The van der Waals surface area contributed by atoms with E-state index >= 15 is 0 Å². The minimum absolute atomic E-state index is 0.233. The maximum Gasteiger partial charge on any atom is 0.282 e. The van der Waals surface area contributed by atoms with E-state index in [0.717, 1.165) is 22.9 Å². The molecule has 0 radical (unpaired) electrons. The van der Waals surface area contributed by atoms with Gasteiger partial charge in [-0.3, -0.25) is 4.79 Å². The maximum absolute atomic E-state index is 13.2. The van der Waals surface area contributed by atoms with Crippen molar-refractivity contribution >= 4 is 60.6 Å². The molecule has 0 aliphatic heterocycles. The Bertz CT molecular complexity index is 1430. The number of halogens is 4. The number of nitrogens with zero attached hydrogens (tertiary/aromatic N) is 3. The third kappa shape index (κ3) is 6.18. The van der Waals surface area contributed by atoms with Gasteiger partial charge >= 0.3 is 0 Å². The number of fused-ring (bicyclic) bond motifs is 1. The quantitative estimate of drug-likeness (QED) is 0.191. The Morgan fingerprint density at radius 2 is 1.91 bits per heavy atom. The van der Waals surface area contributed by atoms with E-state index in [2.05, 4.69) is 48.9 Å². The van der Waals surface area contributed by atoms with Gasteiger partial charge in [-0.05, 0) is 75.9 Å². The van der Waals surface area contributed by atoms with Gasteiger partial charge in [-0.25, -0.2) is 9.37 Å². The summed E-state index contributed by atoms with van der Waals surface area (Å²) in [5, 5.41) is 5.33. The summed E-state index contributed by atoms with van der Waals surface area (Å²) < 4.78 is 21.7. The SMILES string of the molecule is CCCCc1nc2ccc(Br)cc2c(=O)n1N=Cc1cc(Cl)c(OCc2ccc(F)cc2)c(Br)c1. The highest BCUT2D eigenvalue weighted by Crippen LogP contribution is 2.34. The Kier molecular flexibility index (Phi) is 8.36. The van der Waals surface area contributed by atoms with E-state index in [1.54, 1.807) is 36.5 Å². The Morgan fingerprint density at radius 1 is 1.14 bits per heavy atom. The Hall–Kier alpha value is -2.55. The summed E-state index contributed by atoms with van der Waals surface area (Å²) in [6.45, 7) is 2.32. The molecule has 9 heteroatoms. The molecule has 4 aromatic rings. The van der Waals surface area contributed by atoms with Gasteiger partial charge in [-0.2, -0.15) is 9.78 Å². The summed E-state index contributed by atoms with van der Waals surface area (Å²) >= 11 is 13.4. The van der Waals surface area contributed by atoms with Crippen LogP contribution < -0.4 is 10.3 Å². The van der Waals surface area contributed by atoms with Crippen molar-refractivity contribution in [2.45, 2.75) is 32.8 Å². The highest BCUT2D eigenvalue weighted by atomic mass is 79.9. The minimum atomic E-state index is -0.303. The summed E-state index contributed by atoms with van der Waals surface area (Å²) in [5.74, 6) is 0.765. The average Bonchev–Trinajstić information content (AvgIpc) is 2.83. The highest BCUT2D eigenvalue weighted by Gasteiger charge is 2.12. The molecule has 0 bridgehead atoms.